The quantitative estimate of drug-likeness (QED) is 0.846. The highest BCUT2D eigenvalue weighted by Crippen LogP contribution is 2.25. The fourth-order valence-electron chi connectivity index (χ4n) is 1.61. The highest BCUT2D eigenvalue weighted by atomic mass is 35.5. The molecule has 0 heterocycles. The highest BCUT2D eigenvalue weighted by molar-refractivity contribution is 6.30. The lowest BCUT2D eigenvalue weighted by atomic mass is 10.1. The molecule has 0 aliphatic heterocycles. The minimum absolute atomic E-state index is 0.0989. The van der Waals surface area contributed by atoms with Crippen LogP contribution in [0.2, 0.25) is 5.02 Å². The summed E-state index contributed by atoms with van der Waals surface area (Å²) in [6, 6.07) is 14.6. The number of ether oxygens (including phenoxy) is 1. The summed E-state index contributed by atoms with van der Waals surface area (Å²) in [5, 5.41) is 10.4. The van der Waals surface area contributed by atoms with E-state index >= 15 is 0 Å². The lowest BCUT2D eigenvalue weighted by Crippen LogP contribution is -2.11. The van der Waals surface area contributed by atoms with Crippen LogP contribution in [0.15, 0.2) is 48.5 Å². The first kappa shape index (κ1) is 15.4. The zero-order valence-corrected chi connectivity index (χ0v) is 12.8. The third-order valence-electron chi connectivity index (χ3n) is 2.91. The molecular weight excluding hydrogens is 284 g/mol. The molecule has 2 aromatic carbocycles. The molecule has 0 aromatic heterocycles. The Labute approximate surface area is 130 Å². The van der Waals surface area contributed by atoms with Gasteiger partial charge in [-0.05, 0) is 42.3 Å². The largest absolute Gasteiger partial charge is 0.456 e. The van der Waals surface area contributed by atoms with Crippen LogP contribution in [0.1, 0.15) is 19.4 Å². The number of benzene rings is 2. The monoisotopic (exact) mass is 300 g/mol. The van der Waals surface area contributed by atoms with Crippen molar-refractivity contribution < 1.29 is 9.84 Å². The standard InChI is InChI=1S/C18H17ClO2/c1-13(2)17(20)12-7-14-5-3-4-6-18(14)21-16-10-8-15(19)9-11-16/h3-6,8-11,13,17,20H,1-2H3. The van der Waals surface area contributed by atoms with Gasteiger partial charge in [-0.25, -0.2) is 0 Å². The predicted octanol–water partition coefficient (Wildman–Crippen LogP) is 4.50. The molecule has 0 aliphatic carbocycles. The summed E-state index contributed by atoms with van der Waals surface area (Å²) in [5.41, 5.74) is 0.743. The maximum atomic E-state index is 9.77. The molecule has 2 aromatic rings. The van der Waals surface area contributed by atoms with Crippen molar-refractivity contribution in [3.8, 4) is 23.3 Å². The van der Waals surface area contributed by atoms with Crippen molar-refractivity contribution >= 4 is 11.6 Å². The Balaban J connectivity index is 2.22. The number of hydrogen-bond donors (Lipinski definition) is 1. The van der Waals surface area contributed by atoms with E-state index in [1.807, 2.05) is 38.1 Å². The Kier molecular flexibility index (Phi) is 5.27. The van der Waals surface area contributed by atoms with E-state index in [-0.39, 0.29) is 5.92 Å². The molecule has 0 radical (unpaired) electrons. The van der Waals surface area contributed by atoms with E-state index in [0.717, 1.165) is 5.56 Å². The van der Waals surface area contributed by atoms with E-state index in [2.05, 4.69) is 11.8 Å². The zero-order chi connectivity index (χ0) is 15.2. The van der Waals surface area contributed by atoms with Gasteiger partial charge in [0, 0.05) is 5.02 Å². The molecule has 21 heavy (non-hydrogen) atoms. The number of para-hydroxylation sites is 1. The van der Waals surface area contributed by atoms with Crippen molar-refractivity contribution in [1.29, 1.82) is 0 Å². The first-order chi connectivity index (χ1) is 10.1. The first-order valence-electron chi connectivity index (χ1n) is 6.78. The third-order valence-corrected chi connectivity index (χ3v) is 3.17. The van der Waals surface area contributed by atoms with Crippen molar-refractivity contribution in [2.45, 2.75) is 20.0 Å². The Bertz CT molecular complexity index is 651. The van der Waals surface area contributed by atoms with Gasteiger partial charge in [0.05, 0.1) is 5.56 Å². The molecule has 0 bridgehead atoms. The van der Waals surface area contributed by atoms with Crippen LogP contribution in [0.25, 0.3) is 0 Å². The van der Waals surface area contributed by atoms with Crippen molar-refractivity contribution in [3.05, 3.63) is 59.1 Å². The van der Waals surface area contributed by atoms with Gasteiger partial charge in [-0.2, -0.15) is 0 Å². The Morgan fingerprint density at radius 1 is 1.05 bits per heavy atom. The molecule has 0 amide bonds. The molecule has 1 unspecified atom stereocenters. The second kappa shape index (κ2) is 7.17. The first-order valence-corrected chi connectivity index (χ1v) is 7.16. The molecule has 0 fully saturated rings. The minimum atomic E-state index is -0.645. The van der Waals surface area contributed by atoms with Crippen molar-refractivity contribution in [2.75, 3.05) is 0 Å². The van der Waals surface area contributed by atoms with Gasteiger partial charge in [0.1, 0.15) is 17.6 Å². The van der Waals surface area contributed by atoms with Gasteiger partial charge in [0.2, 0.25) is 0 Å². The number of hydrogen-bond acceptors (Lipinski definition) is 2. The van der Waals surface area contributed by atoms with Crippen LogP contribution in [0, 0.1) is 17.8 Å². The van der Waals surface area contributed by atoms with E-state index in [1.165, 1.54) is 0 Å². The summed E-state index contributed by atoms with van der Waals surface area (Å²) >= 11 is 5.85. The van der Waals surface area contributed by atoms with E-state index in [1.54, 1.807) is 24.3 Å². The van der Waals surface area contributed by atoms with E-state index in [4.69, 9.17) is 16.3 Å². The van der Waals surface area contributed by atoms with Gasteiger partial charge >= 0.3 is 0 Å². The molecular formula is C18H17ClO2. The number of aliphatic hydroxyl groups excluding tert-OH is 1. The average molecular weight is 301 g/mol. The van der Waals surface area contributed by atoms with Crippen LogP contribution < -0.4 is 4.74 Å². The van der Waals surface area contributed by atoms with Gasteiger partial charge in [-0.1, -0.05) is 49.4 Å². The Morgan fingerprint density at radius 2 is 1.71 bits per heavy atom. The molecule has 2 rings (SSSR count). The zero-order valence-electron chi connectivity index (χ0n) is 12.0. The van der Waals surface area contributed by atoms with Crippen LogP contribution in [-0.4, -0.2) is 11.2 Å². The smallest absolute Gasteiger partial charge is 0.143 e. The fourth-order valence-corrected chi connectivity index (χ4v) is 1.73. The molecule has 0 saturated carbocycles. The maximum Gasteiger partial charge on any atom is 0.143 e. The van der Waals surface area contributed by atoms with Crippen LogP contribution in [0.5, 0.6) is 11.5 Å². The molecule has 1 atom stereocenters. The number of halogens is 1. The summed E-state index contributed by atoms with van der Waals surface area (Å²) in [6.45, 7) is 3.85. The summed E-state index contributed by atoms with van der Waals surface area (Å²) < 4.78 is 5.81. The second-order valence-corrected chi connectivity index (χ2v) is 5.45. The minimum Gasteiger partial charge on any atom is -0.456 e. The van der Waals surface area contributed by atoms with Crippen LogP contribution in [0.4, 0.5) is 0 Å². The van der Waals surface area contributed by atoms with E-state index in [0.29, 0.717) is 16.5 Å². The molecule has 1 N–H and O–H groups in total. The summed E-state index contributed by atoms with van der Waals surface area (Å²) in [6.07, 6.45) is -0.645. The molecule has 3 heteroatoms. The van der Waals surface area contributed by atoms with Gasteiger partial charge < -0.3 is 9.84 Å². The molecule has 0 saturated heterocycles. The summed E-state index contributed by atoms with van der Waals surface area (Å²) in [5.74, 6) is 7.26. The Morgan fingerprint density at radius 3 is 2.38 bits per heavy atom. The van der Waals surface area contributed by atoms with Crippen molar-refractivity contribution in [2.24, 2.45) is 5.92 Å². The van der Waals surface area contributed by atoms with E-state index in [9.17, 15) is 5.11 Å². The molecule has 0 spiro atoms. The number of rotatable bonds is 3. The topological polar surface area (TPSA) is 29.5 Å². The van der Waals surface area contributed by atoms with Crippen molar-refractivity contribution in [3.63, 3.8) is 0 Å². The molecule has 0 aliphatic rings. The molecule has 2 nitrogen and oxygen atoms in total. The van der Waals surface area contributed by atoms with Gasteiger partial charge in [0.25, 0.3) is 0 Å². The third kappa shape index (κ3) is 4.53. The van der Waals surface area contributed by atoms with Gasteiger partial charge in [-0.3, -0.25) is 0 Å². The lowest BCUT2D eigenvalue weighted by molar-refractivity contribution is 0.181. The summed E-state index contributed by atoms with van der Waals surface area (Å²) in [4.78, 5) is 0. The van der Waals surface area contributed by atoms with E-state index < -0.39 is 6.10 Å². The fraction of sp³-hybridized carbons (Fsp3) is 0.222. The maximum absolute atomic E-state index is 9.77. The Hall–Kier alpha value is -1.95. The van der Waals surface area contributed by atoms with Gasteiger partial charge in [0.15, 0.2) is 0 Å². The lowest BCUT2D eigenvalue weighted by Gasteiger charge is -2.08. The summed E-state index contributed by atoms with van der Waals surface area (Å²) in [7, 11) is 0. The predicted molar refractivity (Wildman–Crippen MR) is 85.7 cm³/mol. The van der Waals surface area contributed by atoms with Crippen molar-refractivity contribution in [1.82, 2.24) is 0 Å². The second-order valence-electron chi connectivity index (χ2n) is 5.01. The van der Waals surface area contributed by atoms with Crippen LogP contribution in [-0.2, 0) is 0 Å². The average Bonchev–Trinajstić information content (AvgIpc) is 2.48. The van der Waals surface area contributed by atoms with Gasteiger partial charge in [-0.15, -0.1) is 0 Å². The highest BCUT2D eigenvalue weighted by Gasteiger charge is 2.06. The van der Waals surface area contributed by atoms with Crippen LogP contribution in [0.3, 0.4) is 0 Å². The van der Waals surface area contributed by atoms with Crippen LogP contribution >= 0.6 is 11.6 Å². The normalized spacial score (nSPS) is 11.7. The SMILES string of the molecule is CC(C)C(O)C#Cc1ccccc1Oc1ccc(Cl)cc1. The molecule has 108 valence electrons. The number of aliphatic hydroxyl groups is 1.